The molecule has 1 aliphatic heterocycles. The molecule has 2 heterocycles. The maximum absolute atomic E-state index is 12.8. The van der Waals surface area contributed by atoms with E-state index in [1.807, 2.05) is 20.8 Å². The molecule has 8 nitrogen and oxygen atoms in total. The summed E-state index contributed by atoms with van der Waals surface area (Å²) in [6.07, 6.45) is 1.44. The van der Waals surface area contributed by atoms with Crippen molar-refractivity contribution in [3.8, 4) is 0 Å². The quantitative estimate of drug-likeness (QED) is 0.634. The molecule has 27 heavy (non-hydrogen) atoms. The van der Waals surface area contributed by atoms with Crippen molar-refractivity contribution >= 4 is 15.9 Å². The third-order valence-electron chi connectivity index (χ3n) is 4.87. The van der Waals surface area contributed by atoms with Crippen LogP contribution >= 0.6 is 0 Å². The van der Waals surface area contributed by atoms with Gasteiger partial charge in [0.1, 0.15) is 0 Å². The Balaban J connectivity index is 2.12. The van der Waals surface area contributed by atoms with Gasteiger partial charge in [0, 0.05) is 19.3 Å². The fourth-order valence-corrected chi connectivity index (χ4v) is 4.70. The van der Waals surface area contributed by atoms with Gasteiger partial charge in [-0.25, -0.2) is 13.4 Å². The SMILES string of the molecule is CC(C)CC(N)C(=O)NC1C(C)CCN(S(=O)(=O)c2ccccn2)C[C@@H]1O. The Labute approximate surface area is 161 Å². The van der Waals surface area contributed by atoms with E-state index in [-0.39, 0.29) is 35.9 Å². The van der Waals surface area contributed by atoms with E-state index in [1.165, 1.54) is 16.6 Å². The highest BCUT2D eigenvalue weighted by atomic mass is 32.2. The first-order chi connectivity index (χ1) is 12.6. The van der Waals surface area contributed by atoms with Gasteiger partial charge in [-0.05, 0) is 36.8 Å². The van der Waals surface area contributed by atoms with Crippen LogP contribution in [0.1, 0.15) is 33.6 Å². The molecule has 9 heteroatoms. The van der Waals surface area contributed by atoms with E-state index in [2.05, 4.69) is 10.3 Å². The van der Waals surface area contributed by atoms with E-state index in [0.29, 0.717) is 12.8 Å². The number of rotatable bonds is 6. The Morgan fingerprint density at radius 2 is 2.15 bits per heavy atom. The molecule has 0 aliphatic carbocycles. The fourth-order valence-electron chi connectivity index (χ4n) is 3.29. The molecule has 0 spiro atoms. The Bertz CT molecular complexity index is 726. The first-order valence-corrected chi connectivity index (χ1v) is 10.7. The highest BCUT2D eigenvalue weighted by molar-refractivity contribution is 7.89. The number of nitrogens with two attached hydrogens (primary N) is 1. The first kappa shape index (κ1) is 21.7. The lowest BCUT2D eigenvalue weighted by Crippen LogP contribution is -2.53. The average molecular weight is 399 g/mol. The number of nitrogens with one attached hydrogen (secondary N) is 1. The fraction of sp³-hybridized carbons (Fsp3) is 0.667. The van der Waals surface area contributed by atoms with Crippen LogP contribution in [0.25, 0.3) is 0 Å². The monoisotopic (exact) mass is 398 g/mol. The van der Waals surface area contributed by atoms with Crippen LogP contribution in [0.4, 0.5) is 0 Å². The maximum Gasteiger partial charge on any atom is 0.260 e. The van der Waals surface area contributed by atoms with Crippen LogP contribution in [0.15, 0.2) is 29.4 Å². The number of carbonyl (C=O) groups is 1. The third kappa shape index (κ3) is 5.47. The first-order valence-electron chi connectivity index (χ1n) is 9.28. The van der Waals surface area contributed by atoms with Crippen molar-refractivity contribution in [2.45, 2.75) is 56.8 Å². The van der Waals surface area contributed by atoms with E-state index >= 15 is 0 Å². The smallest absolute Gasteiger partial charge is 0.260 e. The van der Waals surface area contributed by atoms with Gasteiger partial charge in [0.05, 0.1) is 18.2 Å². The molecule has 3 unspecified atom stereocenters. The average Bonchev–Trinajstić information content (AvgIpc) is 2.75. The largest absolute Gasteiger partial charge is 0.390 e. The molecule has 2 rings (SSSR count). The van der Waals surface area contributed by atoms with E-state index in [1.54, 1.807) is 12.1 Å². The van der Waals surface area contributed by atoms with E-state index in [0.717, 1.165) is 0 Å². The summed E-state index contributed by atoms with van der Waals surface area (Å²) in [5.41, 5.74) is 5.93. The number of hydrogen-bond acceptors (Lipinski definition) is 6. The minimum atomic E-state index is -3.80. The van der Waals surface area contributed by atoms with Crippen molar-refractivity contribution in [1.29, 1.82) is 0 Å². The lowest BCUT2D eigenvalue weighted by atomic mass is 9.94. The summed E-state index contributed by atoms with van der Waals surface area (Å²) in [5.74, 6) is -0.138. The highest BCUT2D eigenvalue weighted by Crippen LogP contribution is 2.23. The molecule has 0 bridgehead atoms. The lowest BCUT2D eigenvalue weighted by molar-refractivity contribution is -0.124. The highest BCUT2D eigenvalue weighted by Gasteiger charge is 2.37. The van der Waals surface area contributed by atoms with Gasteiger partial charge < -0.3 is 16.2 Å². The van der Waals surface area contributed by atoms with Crippen molar-refractivity contribution in [3.63, 3.8) is 0 Å². The molecule has 0 saturated carbocycles. The second-order valence-corrected chi connectivity index (χ2v) is 9.52. The molecule has 1 saturated heterocycles. The van der Waals surface area contributed by atoms with Gasteiger partial charge in [0.25, 0.3) is 10.0 Å². The number of nitrogens with zero attached hydrogens (tertiary/aromatic N) is 2. The normalized spacial score (nSPS) is 25.8. The molecule has 1 aliphatic rings. The zero-order chi connectivity index (χ0) is 20.2. The predicted molar refractivity (Wildman–Crippen MR) is 102 cm³/mol. The number of carbonyl (C=O) groups excluding carboxylic acids is 1. The molecule has 4 atom stereocenters. The maximum atomic E-state index is 12.8. The molecular weight excluding hydrogens is 368 g/mol. The molecule has 0 aromatic carbocycles. The number of β-amino-alcohol motifs (C(OH)–C–C–N with tert-alkyl or cyclic N) is 1. The van der Waals surface area contributed by atoms with Crippen molar-refractivity contribution in [3.05, 3.63) is 24.4 Å². The number of aliphatic hydroxyl groups excluding tert-OH is 1. The molecule has 1 aromatic heterocycles. The number of amides is 1. The summed E-state index contributed by atoms with van der Waals surface area (Å²) in [6.45, 7) is 6.00. The summed E-state index contributed by atoms with van der Waals surface area (Å²) in [4.78, 5) is 16.3. The van der Waals surface area contributed by atoms with Crippen molar-refractivity contribution in [1.82, 2.24) is 14.6 Å². The predicted octanol–water partition coefficient (Wildman–Crippen LogP) is 0.331. The van der Waals surface area contributed by atoms with Crippen LogP contribution in [0, 0.1) is 11.8 Å². The lowest BCUT2D eigenvalue weighted by Gasteiger charge is -2.29. The van der Waals surface area contributed by atoms with Crippen LogP contribution in [0.2, 0.25) is 0 Å². The van der Waals surface area contributed by atoms with Gasteiger partial charge in [0.15, 0.2) is 5.03 Å². The number of pyridine rings is 1. The van der Waals surface area contributed by atoms with Crippen molar-refractivity contribution in [2.75, 3.05) is 13.1 Å². The van der Waals surface area contributed by atoms with Crippen LogP contribution in [0.3, 0.4) is 0 Å². The minimum absolute atomic E-state index is 0.0497. The van der Waals surface area contributed by atoms with Crippen LogP contribution in [-0.4, -0.2) is 60.0 Å². The van der Waals surface area contributed by atoms with Crippen molar-refractivity contribution < 1.29 is 18.3 Å². The molecule has 1 fully saturated rings. The van der Waals surface area contributed by atoms with E-state index < -0.39 is 28.2 Å². The number of aliphatic hydroxyl groups is 1. The molecule has 4 N–H and O–H groups in total. The Morgan fingerprint density at radius 3 is 2.74 bits per heavy atom. The number of aromatic nitrogens is 1. The van der Waals surface area contributed by atoms with Crippen LogP contribution in [0.5, 0.6) is 0 Å². The number of hydrogen-bond donors (Lipinski definition) is 3. The molecule has 152 valence electrons. The van der Waals surface area contributed by atoms with E-state index in [9.17, 15) is 18.3 Å². The topological polar surface area (TPSA) is 126 Å². The Kier molecular flexibility index (Phi) is 7.32. The second-order valence-electron chi connectivity index (χ2n) is 7.63. The zero-order valence-electron chi connectivity index (χ0n) is 16.1. The molecule has 0 radical (unpaired) electrons. The van der Waals surface area contributed by atoms with Gasteiger partial charge >= 0.3 is 0 Å². The van der Waals surface area contributed by atoms with Crippen LogP contribution in [-0.2, 0) is 14.8 Å². The van der Waals surface area contributed by atoms with Gasteiger partial charge in [-0.15, -0.1) is 0 Å². The third-order valence-corrected chi connectivity index (χ3v) is 6.65. The zero-order valence-corrected chi connectivity index (χ0v) is 16.9. The molecular formula is C18H30N4O4S. The minimum Gasteiger partial charge on any atom is -0.390 e. The summed E-state index contributed by atoms with van der Waals surface area (Å²) >= 11 is 0. The summed E-state index contributed by atoms with van der Waals surface area (Å²) in [6, 6.07) is 3.47. The Morgan fingerprint density at radius 1 is 1.44 bits per heavy atom. The van der Waals surface area contributed by atoms with Crippen molar-refractivity contribution in [2.24, 2.45) is 17.6 Å². The number of sulfonamides is 1. The second kappa shape index (κ2) is 9.09. The molecule has 1 aromatic rings. The van der Waals surface area contributed by atoms with Gasteiger partial charge in [-0.2, -0.15) is 4.31 Å². The van der Waals surface area contributed by atoms with Gasteiger partial charge in [-0.3, -0.25) is 4.79 Å². The summed E-state index contributed by atoms with van der Waals surface area (Å²) < 4.78 is 26.8. The summed E-state index contributed by atoms with van der Waals surface area (Å²) in [7, 11) is -3.80. The standard InChI is InChI=1S/C18H30N4O4S/c1-12(2)10-14(19)18(24)21-17-13(3)7-9-22(11-15(17)23)27(25,26)16-6-4-5-8-20-16/h4-6,8,12-15,17,23H,7,9-11,19H2,1-3H3,(H,21,24)/t13?,14?,15-,17?/m0/s1. The van der Waals surface area contributed by atoms with Crippen LogP contribution < -0.4 is 11.1 Å². The van der Waals surface area contributed by atoms with Gasteiger partial charge in [0.2, 0.25) is 5.91 Å². The van der Waals surface area contributed by atoms with Gasteiger partial charge in [-0.1, -0.05) is 26.8 Å². The summed E-state index contributed by atoms with van der Waals surface area (Å²) in [5, 5.41) is 13.4. The Hall–Kier alpha value is -1.55. The van der Waals surface area contributed by atoms with E-state index in [4.69, 9.17) is 5.73 Å². The molecule has 1 amide bonds.